The van der Waals surface area contributed by atoms with Crippen molar-refractivity contribution in [3.63, 3.8) is 0 Å². The van der Waals surface area contributed by atoms with Crippen molar-refractivity contribution in [2.45, 2.75) is 19.3 Å². The van der Waals surface area contributed by atoms with Gasteiger partial charge in [0.25, 0.3) is 5.91 Å². The van der Waals surface area contributed by atoms with Gasteiger partial charge in [-0.15, -0.1) is 0 Å². The number of carbonyl (C=O) groups is 4. The van der Waals surface area contributed by atoms with Gasteiger partial charge in [-0.25, -0.2) is 0 Å². The minimum Gasteiger partial charge on any atom is -0.489 e. The lowest BCUT2D eigenvalue weighted by atomic mass is 9.76. The zero-order valence-electron chi connectivity index (χ0n) is 21.8. The summed E-state index contributed by atoms with van der Waals surface area (Å²) in [7, 11) is 0. The lowest BCUT2D eigenvalue weighted by Crippen LogP contribution is -2.55. The number of hydrogen-bond donors (Lipinski definition) is 3. The molecule has 0 aliphatic carbocycles. The minimum atomic E-state index is -0.724. The molecule has 10 heteroatoms. The monoisotopic (exact) mass is 531 g/mol. The molecule has 2 aromatic rings. The van der Waals surface area contributed by atoms with E-state index in [2.05, 4.69) is 16.0 Å². The lowest BCUT2D eigenvalue weighted by Gasteiger charge is -2.42. The Labute approximate surface area is 227 Å². The van der Waals surface area contributed by atoms with Crippen molar-refractivity contribution in [1.82, 2.24) is 15.5 Å². The van der Waals surface area contributed by atoms with Crippen LogP contribution in [0.15, 0.2) is 60.7 Å². The quantitative estimate of drug-likeness (QED) is 0.510. The number of nitrogens with zero attached hydrogens (tertiary/aromatic N) is 2. The van der Waals surface area contributed by atoms with E-state index in [1.807, 2.05) is 41.3 Å². The molecule has 10 nitrogen and oxygen atoms in total. The Morgan fingerprint density at radius 2 is 1.77 bits per heavy atom. The zero-order chi connectivity index (χ0) is 27.2. The average Bonchev–Trinajstić information content (AvgIpc) is 2.94. The van der Waals surface area contributed by atoms with Gasteiger partial charge >= 0.3 is 0 Å². The third kappa shape index (κ3) is 5.96. The second-order valence-electron chi connectivity index (χ2n) is 10.1. The van der Waals surface area contributed by atoms with Crippen molar-refractivity contribution < 1.29 is 23.9 Å². The van der Waals surface area contributed by atoms with Crippen LogP contribution >= 0.6 is 0 Å². The SMILES string of the molecule is O=C1CN(C(=O)CN2CCCC3(C/C=C\COc4ccccc4C(=O)NCCNC3=O)C2)c2ccccc2N1. The van der Waals surface area contributed by atoms with Crippen LogP contribution in [0.5, 0.6) is 5.75 Å². The van der Waals surface area contributed by atoms with Gasteiger partial charge in [0.2, 0.25) is 17.7 Å². The van der Waals surface area contributed by atoms with Crippen molar-refractivity contribution in [3.8, 4) is 5.75 Å². The van der Waals surface area contributed by atoms with Crippen LogP contribution in [0.3, 0.4) is 0 Å². The smallest absolute Gasteiger partial charge is 0.255 e. The zero-order valence-corrected chi connectivity index (χ0v) is 21.8. The molecule has 0 bridgehead atoms. The highest BCUT2D eigenvalue weighted by Gasteiger charge is 2.42. The van der Waals surface area contributed by atoms with E-state index in [0.717, 1.165) is 6.42 Å². The molecular formula is C29H33N5O5. The second-order valence-corrected chi connectivity index (χ2v) is 10.1. The van der Waals surface area contributed by atoms with Crippen molar-refractivity contribution in [2.24, 2.45) is 5.41 Å². The van der Waals surface area contributed by atoms with Crippen LogP contribution < -0.4 is 25.6 Å². The van der Waals surface area contributed by atoms with Crippen molar-refractivity contribution in [1.29, 1.82) is 0 Å². The number of ether oxygens (including phenoxy) is 1. The van der Waals surface area contributed by atoms with E-state index in [-0.39, 0.29) is 56.4 Å². The Balaban J connectivity index is 1.30. The molecule has 3 N–H and O–H groups in total. The first-order valence-electron chi connectivity index (χ1n) is 13.3. The number of rotatable bonds is 2. The van der Waals surface area contributed by atoms with Crippen LogP contribution in [0.25, 0.3) is 0 Å². The fraction of sp³-hybridized carbons (Fsp3) is 0.379. The predicted octanol–water partition coefficient (Wildman–Crippen LogP) is 1.94. The molecule has 2 aromatic carbocycles. The number of likely N-dealkylation sites (tertiary alicyclic amines) is 1. The number of anilines is 2. The van der Waals surface area contributed by atoms with Gasteiger partial charge in [-0.05, 0) is 50.1 Å². The lowest BCUT2D eigenvalue weighted by molar-refractivity contribution is -0.135. The molecule has 0 saturated carbocycles. The molecule has 3 aliphatic rings. The van der Waals surface area contributed by atoms with E-state index in [0.29, 0.717) is 48.6 Å². The molecular weight excluding hydrogens is 498 g/mol. The molecule has 1 saturated heterocycles. The van der Waals surface area contributed by atoms with E-state index in [4.69, 9.17) is 4.74 Å². The Bertz CT molecular complexity index is 1290. The Hall–Kier alpha value is -4.18. The summed E-state index contributed by atoms with van der Waals surface area (Å²) in [5.41, 5.74) is 1.02. The number of para-hydroxylation sites is 3. The van der Waals surface area contributed by atoms with Gasteiger partial charge in [0.05, 0.1) is 28.9 Å². The molecule has 1 atom stereocenters. The van der Waals surface area contributed by atoms with Gasteiger partial charge in [0, 0.05) is 19.6 Å². The van der Waals surface area contributed by atoms with E-state index in [1.165, 1.54) is 4.90 Å². The minimum absolute atomic E-state index is 0.0348. The summed E-state index contributed by atoms with van der Waals surface area (Å²) in [5.74, 6) is -0.262. The topological polar surface area (TPSA) is 120 Å². The Kier molecular flexibility index (Phi) is 7.92. The molecule has 0 radical (unpaired) electrons. The van der Waals surface area contributed by atoms with Crippen LogP contribution in [0.1, 0.15) is 29.6 Å². The average molecular weight is 532 g/mol. The van der Waals surface area contributed by atoms with Crippen LogP contribution in [0.4, 0.5) is 11.4 Å². The number of fused-ring (bicyclic) bond motifs is 2. The second kappa shape index (κ2) is 11.7. The maximum atomic E-state index is 13.5. The van der Waals surface area contributed by atoms with Gasteiger partial charge in [-0.1, -0.05) is 36.4 Å². The third-order valence-electron chi connectivity index (χ3n) is 7.41. The van der Waals surface area contributed by atoms with E-state index in [9.17, 15) is 19.2 Å². The Morgan fingerprint density at radius 1 is 0.974 bits per heavy atom. The molecule has 0 aromatic heterocycles. The standard InChI is InChI=1S/C29H33N5O5/c35-25-18-34(23-10-3-2-9-22(23)32-25)26(36)19-33-16-7-13-29(20-33)12-5-6-17-39-24-11-4-1-8-21(24)27(37)30-14-15-31-28(29)38/h1-6,8-11H,7,12-20H2,(H,30,37)(H,31,38)(H,32,35)/b6-5-. The van der Waals surface area contributed by atoms with Crippen LogP contribution in [0.2, 0.25) is 0 Å². The molecule has 204 valence electrons. The summed E-state index contributed by atoms with van der Waals surface area (Å²) >= 11 is 0. The van der Waals surface area contributed by atoms with Gasteiger partial charge in [-0.3, -0.25) is 29.0 Å². The highest BCUT2D eigenvalue weighted by Crippen LogP contribution is 2.35. The summed E-state index contributed by atoms with van der Waals surface area (Å²) in [4.78, 5) is 55.3. The molecule has 1 fully saturated rings. The van der Waals surface area contributed by atoms with Gasteiger partial charge < -0.3 is 20.7 Å². The highest BCUT2D eigenvalue weighted by atomic mass is 16.5. The maximum absolute atomic E-state index is 13.5. The van der Waals surface area contributed by atoms with Crippen molar-refractivity contribution >= 4 is 35.0 Å². The summed E-state index contributed by atoms with van der Waals surface area (Å²) in [5, 5.41) is 8.65. The Morgan fingerprint density at radius 3 is 2.67 bits per heavy atom. The van der Waals surface area contributed by atoms with Crippen LogP contribution in [-0.4, -0.2) is 74.4 Å². The number of piperidine rings is 1. The number of carbonyl (C=O) groups excluding carboxylic acids is 4. The van der Waals surface area contributed by atoms with Gasteiger partial charge in [-0.2, -0.15) is 0 Å². The van der Waals surface area contributed by atoms with E-state index in [1.54, 1.807) is 24.3 Å². The fourth-order valence-electron chi connectivity index (χ4n) is 5.47. The molecule has 39 heavy (non-hydrogen) atoms. The van der Waals surface area contributed by atoms with Crippen molar-refractivity contribution in [3.05, 3.63) is 66.2 Å². The summed E-state index contributed by atoms with van der Waals surface area (Å²) in [6, 6.07) is 14.3. The number of benzene rings is 2. The van der Waals surface area contributed by atoms with E-state index >= 15 is 0 Å². The number of allylic oxidation sites excluding steroid dienone is 1. The van der Waals surface area contributed by atoms with Crippen molar-refractivity contribution in [2.75, 3.05) is 56.1 Å². The largest absolute Gasteiger partial charge is 0.489 e. The van der Waals surface area contributed by atoms with Gasteiger partial charge in [0.1, 0.15) is 18.9 Å². The molecule has 5 rings (SSSR count). The molecule has 3 heterocycles. The molecule has 3 aliphatic heterocycles. The fourth-order valence-corrected chi connectivity index (χ4v) is 5.47. The predicted molar refractivity (Wildman–Crippen MR) is 147 cm³/mol. The van der Waals surface area contributed by atoms with E-state index < -0.39 is 5.41 Å². The molecule has 1 unspecified atom stereocenters. The number of amides is 4. The normalized spacial score (nSPS) is 23.3. The number of nitrogens with one attached hydrogen (secondary N) is 3. The summed E-state index contributed by atoms with van der Waals surface area (Å²) in [6.45, 7) is 2.00. The summed E-state index contributed by atoms with van der Waals surface area (Å²) in [6.07, 6.45) is 5.74. The highest BCUT2D eigenvalue weighted by molar-refractivity contribution is 6.10. The first-order chi connectivity index (χ1) is 18.9. The van der Waals surface area contributed by atoms with Crippen LogP contribution in [0, 0.1) is 5.41 Å². The molecule has 1 spiro atoms. The third-order valence-corrected chi connectivity index (χ3v) is 7.41. The number of hydrogen-bond acceptors (Lipinski definition) is 6. The first-order valence-corrected chi connectivity index (χ1v) is 13.3. The summed E-state index contributed by atoms with van der Waals surface area (Å²) < 4.78 is 5.84. The first kappa shape index (κ1) is 26.4. The molecule has 4 amide bonds. The van der Waals surface area contributed by atoms with Crippen LogP contribution in [-0.2, 0) is 14.4 Å². The maximum Gasteiger partial charge on any atom is 0.255 e. The van der Waals surface area contributed by atoms with Gasteiger partial charge in [0.15, 0.2) is 0 Å².